The van der Waals surface area contributed by atoms with Gasteiger partial charge < -0.3 is 0 Å². The average molecular weight is 425 g/mol. The van der Waals surface area contributed by atoms with Gasteiger partial charge in [-0.25, -0.2) is 0 Å². The highest BCUT2D eigenvalue weighted by atomic mass is 15.5. The van der Waals surface area contributed by atoms with E-state index < -0.39 is 0 Å². The van der Waals surface area contributed by atoms with Gasteiger partial charge in [0.1, 0.15) is 0 Å². The second-order valence-corrected chi connectivity index (χ2v) is 9.85. The van der Waals surface area contributed by atoms with Crippen molar-refractivity contribution in [2.75, 3.05) is 5.01 Å². The van der Waals surface area contributed by atoms with Crippen molar-refractivity contribution in [3.05, 3.63) is 107 Å². The zero-order valence-corrected chi connectivity index (χ0v) is 20.3. The molecule has 1 N–H and O–H groups in total. The molecular formula is C30H36N2. The van der Waals surface area contributed by atoms with Crippen LogP contribution in [0.4, 0.5) is 5.69 Å². The maximum atomic E-state index is 3.70. The van der Waals surface area contributed by atoms with Crippen molar-refractivity contribution in [1.29, 1.82) is 0 Å². The van der Waals surface area contributed by atoms with Gasteiger partial charge in [0, 0.05) is 0 Å². The Morgan fingerprint density at radius 3 is 1.50 bits per heavy atom. The SMILES string of the molecule is CC(C)c1ccc(C2=CC(c3ccc(C(C)C)cc3)N(c3ccc(C(C)C)cc3)N2)cc1. The second-order valence-electron chi connectivity index (χ2n) is 9.85. The lowest BCUT2D eigenvalue weighted by Crippen LogP contribution is -2.34. The Morgan fingerprint density at radius 2 is 1.03 bits per heavy atom. The fourth-order valence-corrected chi connectivity index (χ4v) is 4.25. The van der Waals surface area contributed by atoms with Crippen LogP contribution < -0.4 is 10.4 Å². The molecule has 0 amide bonds. The molecule has 1 atom stereocenters. The molecular weight excluding hydrogens is 388 g/mol. The maximum Gasteiger partial charge on any atom is 0.0958 e. The number of rotatable bonds is 6. The lowest BCUT2D eigenvalue weighted by Gasteiger charge is -2.28. The minimum absolute atomic E-state index is 0.140. The molecule has 0 aromatic heterocycles. The number of anilines is 1. The van der Waals surface area contributed by atoms with Crippen molar-refractivity contribution in [3.63, 3.8) is 0 Å². The molecule has 0 bridgehead atoms. The van der Waals surface area contributed by atoms with Crippen molar-refractivity contribution in [2.45, 2.75) is 65.3 Å². The summed E-state index contributed by atoms with van der Waals surface area (Å²) in [6.07, 6.45) is 2.35. The van der Waals surface area contributed by atoms with Crippen molar-refractivity contribution in [2.24, 2.45) is 0 Å². The van der Waals surface area contributed by atoms with E-state index in [-0.39, 0.29) is 6.04 Å². The first-order chi connectivity index (χ1) is 15.3. The highest BCUT2D eigenvalue weighted by molar-refractivity contribution is 5.72. The van der Waals surface area contributed by atoms with E-state index >= 15 is 0 Å². The first kappa shape index (κ1) is 22.2. The molecule has 3 aromatic rings. The smallest absolute Gasteiger partial charge is 0.0958 e. The Kier molecular flexibility index (Phi) is 6.41. The molecule has 0 fully saturated rings. The Hall–Kier alpha value is -3.00. The molecule has 1 unspecified atom stereocenters. The molecule has 0 spiro atoms. The summed E-state index contributed by atoms with van der Waals surface area (Å²) in [5, 5.41) is 2.29. The van der Waals surface area contributed by atoms with E-state index in [1.54, 1.807) is 0 Å². The van der Waals surface area contributed by atoms with Gasteiger partial charge in [-0.05, 0) is 63.8 Å². The Labute approximate surface area is 194 Å². The Balaban J connectivity index is 1.69. The predicted octanol–water partition coefficient (Wildman–Crippen LogP) is 8.16. The van der Waals surface area contributed by atoms with Crippen LogP contribution >= 0.6 is 0 Å². The van der Waals surface area contributed by atoms with E-state index in [2.05, 4.69) is 131 Å². The minimum atomic E-state index is 0.140. The summed E-state index contributed by atoms with van der Waals surface area (Å²) in [6.45, 7) is 13.4. The molecule has 0 radical (unpaired) electrons. The van der Waals surface area contributed by atoms with E-state index in [0.29, 0.717) is 17.8 Å². The second kappa shape index (κ2) is 9.24. The van der Waals surface area contributed by atoms with Gasteiger partial charge in [-0.3, -0.25) is 10.4 Å². The average Bonchev–Trinajstić information content (AvgIpc) is 3.24. The van der Waals surface area contributed by atoms with Crippen molar-refractivity contribution >= 4 is 11.4 Å². The summed E-state index contributed by atoms with van der Waals surface area (Å²) < 4.78 is 0. The van der Waals surface area contributed by atoms with Gasteiger partial charge in [-0.2, -0.15) is 0 Å². The molecule has 166 valence electrons. The first-order valence-electron chi connectivity index (χ1n) is 11.9. The fourth-order valence-electron chi connectivity index (χ4n) is 4.25. The number of benzene rings is 3. The van der Waals surface area contributed by atoms with E-state index in [9.17, 15) is 0 Å². The molecule has 1 aliphatic heterocycles. The molecule has 4 rings (SSSR count). The number of nitrogens with zero attached hydrogens (tertiary/aromatic N) is 1. The number of hydrazine groups is 1. The van der Waals surface area contributed by atoms with Crippen LogP contribution in [-0.4, -0.2) is 0 Å². The van der Waals surface area contributed by atoms with E-state index in [4.69, 9.17) is 0 Å². The van der Waals surface area contributed by atoms with E-state index in [0.717, 1.165) is 5.70 Å². The molecule has 3 aromatic carbocycles. The third kappa shape index (κ3) is 4.60. The van der Waals surface area contributed by atoms with Crippen LogP contribution in [0.15, 0.2) is 78.9 Å². The van der Waals surface area contributed by atoms with E-state index in [1.807, 2.05) is 0 Å². The van der Waals surface area contributed by atoms with Crippen molar-refractivity contribution in [1.82, 2.24) is 5.43 Å². The molecule has 0 saturated heterocycles. The van der Waals surface area contributed by atoms with Crippen LogP contribution in [0, 0.1) is 0 Å². The zero-order valence-electron chi connectivity index (χ0n) is 20.3. The number of hydrogen-bond acceptors (Lipinski definition) is 2. The summed E-state index contributed by atoms with van der Waals surface area (Å²) in [6, 6.07) is 27.1. The third-order valence-corrected chi connectivity index (χ3v) is 6.51. The summed E-state index contributed by atoms with van der Waals surface area (Å²) in [5.74, 6) is 1.61. The molecule has 2 nitrogen and oxygen atoms in total. The highest BCUT2D eigenvalue weighted by Crippen LogP contribution is 2.36. The lowest BCUT2D eigenvalue weighted by atomic mass is 9.97. The Bertz CT molecular complexity index is 1060. The number of nitrogens with one attached hydrogen (secondary N) is 1. The zero-order chi connectivity index (χ0) is 22.8. The van der Waals surface area contributed by atoms with Gasteiger partial charge in [-0.15, -0.1) is 0 Å². The third-order valence-electron chi connectivity index (χ3n) is 6.51. The lowest BCUT2D eigenvalue weighted by molar-refractivity contribution is 0.722. The van der Waals surface area contributed by atoms with Crippen LogP contribution in [0.1, 0.15) is 93.2 Å². The predicted molar refractivity (Wildman–Crippen MR) is 138 cm³/mol. The normalized spacial score (nSPS) is 16.1. The molecule has 32 heavy (non-hydrogen) atoms. The van der Waals surface area contributed by atoms with Gasteiger partial charge in [-0.1, -0.05) is 102 Å². The summed E-state index contributed by atoms with van der Waals surface area (Å²) in [4.78, 5) is 0. The van der Waals surface area contributed by atoms with Crippen LogP contribution in [0.25, 0.3) is 5.70 Å². The van der Waals surface area contributed by atoms with Gasteiger partial charge in [0.05, 0.1) is 17.4 Å². The van der Waals surface area contributed by atoms with Gasteiger partial charge in [0.2, 0.25) is 0 Å². The first-order valence-corrected chi connectivity index (χ1v) is 11.9. The summed E-state index contributed by atoms with van der Waals surface area (Å²) >= 11 is 0. The molecule has 0 saturated carbocycles. The van der Waals surface area contributed by atoms with Gasteiger partial charge >= 0.3 is 0 Å². The number of hydrogen-bond donors (Lipinski definition) is 1. The molecule has 1 aliphatic rings. The monoisotopic (exact) mass is 424 g/mol. The minimum Gasteiger partial charge on any atom is -0.297 e. The summed E-state index contributed by atoms with van der Waals surface area (Å²) in [7, 11) is 0. The van der Waals surface area contributed by atoms with Crippen LogP contribution in [0.3, 0.4) is 0 Å². The van der Waals surface area contributed by atoms with Crippen LogP contribution in [-0.2, 0) is 0 Å². The van der Waals surface area contributed by atoms with Crippen LogP contribution in [0.2, 0.25) is 0 Å². The quantitative estimate of drug-likeness (QED) is 0.429. The van der Waals surface area contributed by atoms with Crippen LogP contribution in [0.5, 0.6) is 0 Å². The summed E-state index contributed by atoms with van der Waals surface area (Å²) in [5.41, 5.74) is 12.7. The molecule has 2 heteroatoms. The van der Waals surface area contributed by atoms with E-state index in [1.165, 1.54) is 33.5 Å². The van der Waals surface area contributed by atoms with Crippen molar-refractivity contribution < 1.29 is 0 Å². The largest absolute Gasteiger partial charge is 0.297 e. The van der Waals surface area contributed by atoms with Gasteiger partial charge in [0.15, 0.2) is 0 Å². The molecule has 0 aliphatic carbocycles. The fraction of sp³-hybridized carbons (Fsp3) is 0.333. The Morgan fingerprint density at radius 1 is 0.594 bits per heavy atom. The van der Waals surface area contributed by atoms with Gasteiger partial charge in [0.25, 0.3) is 0 Å². The highest BCUT2D eigenvalue weighted by Gasteiger charge is 2.27. The molecule has 1 heterocycles. The standard InChI is InChI=1S/C30H36N2/c1-20(2)23-7-11-26(12-8-23)29-19-30(27-13-9-24(10-14-27)21(3)4)32(31-29)28-17-15-25(16-18-28)22(5)6/h7-22,30-31H,1-6H3. The topological polar surface area (TPSA) is 15.3 Å². The maximum absolute atomic E-state index is 3.70. The van der Waals surface area contributed by atoms with Crippen molar-refractivity contribution in [3.8, 4) is 0 Å².